The number of thioether (sulfide) groups is 1. The Bertz CT molecular complexity index is 1180. The van der Waals surface area contributed by atoms with Gasteiger partial charge < -0.3 is 24.9 Å². The Kier molecular flexibility index (Phi) is 7.05. The van der Waals surface area contributed by atoms with Crippen molar-refractivity contribution < 1.29 is 14.4 Å². The number of aromatic nitrogens is 2. The number of nitrogens with one attached hydrogen (secondary N) is 2. The molecule has 3 aliphatic rings. The summed E-state index contributed by atoms with van der Waals surface area (Å²) < 4.78 is 0. The third-order valence-corrected chi connectivity index (χ3v) is 7.15. The molecule has 11 nitrogen and oxygen atoms in total. The van der Waals surface area contributed by atoms with E-state index >= 15 is 0 Å². The second-order valence-corrected chi connectivity index (χ2v) is 9.88. The van der Waals surface area contributed by atoms with E-state index in [1.165, 1.54) is 0 Å². The van der Waals surface area contributed by atoms with Crippen molar-refractivity contribution in [3.63, 3.8) is 0 Å². The van der Waals surface area contributed by atoms with Crippen LogP contribution in [-0.2, 0) is 4.79 Å². The Balaban J connectivity index is 1.33. The van der Waals surface area contributed by atoms with Crippen molar-refractivity contribution >= 4 is 52.5 Å². The van der Waals surface area contributed by atoms with Crippen LogP contribution in [0.3, 0.4) is 0 Å². The van der Waals surface area contributed by atoms with E-state index in [1.807, 2.05) is 36.4 Å². The molecule has 5 rings (SSSR count). The Morgan fingerprint density at radius 1 is 0.972 bits per heavy atom. The van der Waals surface area contributed by atoms with E-state index in [9.17, 15) is 14.4 Å². The minimum atomic E-state index is -0.413. The highest BCUT2D eigenvalue weighted by molar-refractivity contribution is 8.18. The van der Waals surface area contributed by atoms with Crippen LogP contribution in [0.2, 0.25) is 0 Å². The van der Waals surface area contributed by atoms with Crippen molar-refractivity contribution in [2.75, 3.05) is 74.5 Å². The molecule has 0 spiro atoms. The zero-order chi connectivity index (χ0) is 25.1. The van der Waals surface area contributed by atoms with E-state index in [4.69, 9.17) is 9.97 Å². The number of para-hydroxylation sites is 1. The average Bonchev–Trinajstić information content (AvgIpc) is 3.21. The van der Waals surface area contributed by atoms with Crippen LogP contribution in [0.25, 0.3) is 6.08 Å². The Morgan fingerprint density at radius 2 is 1.67 bits per heavy atom. The lowest BCUT2D eigenvalue weighted by Gasteiger charge is -2.36. The number of urea groups is 1. The molecule has 0 radical (unpaired) electrons. The number of rotatable bonds is 4. The molecule has 36 heavy (non-hydrogen) atoms. The number of likely N-dealkylation sites (N-methyl/N-ethyl adjacent to an activating group) is 1. The van der Waals surface area contributed by atoms with Gasteiger partial charge in [0.2, 0.25) is 5.95 Å². The van der Waals surface area contributed by atoms with Gasteiger partial charge in [0.1, 0.15) is 5.82 Å². The maximum atomic E-state index is 12.7. The molecule has 4 heterocycles. The van der Waals surface area contributed by atoms with Gasteiger partial charge in [-0.05, 0) is 37.0 Å². The summed E-state index contributed by atoms with van der Waals surface area (Å²) in [6.45, 7) is 5.76. The fourth-order valence-electron chi connectivity index (χ4n) is 4.24. The highest BCUT2D eigenvalue weighted by Crippen LogP contribution is 2.27. The van der Waals surface area contributed by atoms with Crippen molar-refractivity contribution in [2.24, 2.45) is 0 Å². The standard InChI is InChI=1S/C24H28N8O3S/c1-29-7-9-30(10-8-29)20-16-18(15-19-21(33)28-24(35)36-19)25-22(27-20)31-11-13-32(14-12-31)23(34)26-17-5-3-2-4-6-17/h2-6,15-16H,7-14H2,1H3,(H,26,34)(H,28,33,35)/b19-15-. The van der Waals surface area contributed by atoms with Gasteiger partial charge in [0.15, 0.2) is 0 Å². The van der Waals surface area contributed by atoms with Gasteiger partial charge in [0.25, 0.3) is 11.1 Å². The first-order valence-electron chi connectivity index (χ1n) is 11.9. The number of amides is 4. The van der Waals surface area contributed by atoms with Crippen LogP contribution in [0.5, 0.6) is 0 Å². The lowest BCUT2D eigenvalue weighted by Crippen LogP contribution is -2.50. The largest absolute Gasteiger partial charge is 0.354 e. The van der Waals surface area contributed by atoms with Crippen molar-refractivity contribution in [2.45, 2.75) is 0 Å². The zero-order valence-electron chi connectivity index (χ0n) is 20.0. The van der Waals surface area contributed by atoms with Crippen LogP contribution in [0.1, 0.15) is 5.69 Å². The van der Waals surface area contributed by atoms with Gasteiger partial charge in [-0.1, -0.05) is 18.2 Å². The molecule has 12 heteroatoms. The molecule has 2 N–H and O–H groups in total. The lowest BCUT2D eigenvalue weighted by atomic mass is 10.2. The molecule has 1 aromatic heterocycles. The Hall–Kier alpha value is -3.64. The number of carbonyl (C=O) groups excluding carboxylic acids is 3. The summed E-state index contributed by atoms with van der Waals surface area (Å²) in [5.74, 6) is 0.930. The molecule has 2 aromatic rings. The number of benzene rings is 1. The molecule has 0 aliphatic carbocycles. The Morgan fingerprint density at radius 3 is 2.33 bits per heavy atom. The molecule has 3 fully saturated rings. The van der Waals surface area contributed by atoms with E-state index in [2.05, 4.69) is 32.4 Å². The monoisotopic (exact) mass is 508 g/mol. The summed E-state index contributed by atoms with van der Waals surface area (Å²) in [5.41, 5.74) is 1.34. The first kappa shape index (κ1) is 24.1. The fraction of sp³-hybridized carbons (Fsp3) is 0.375. The van der Waals surface area contributed by atoms with Crippen molar-refractivity contribution in [3.05, 3.63) is 47.0 Å². The van der Waals surface area contributed by atoms with Crippen LogP contribution in [0, 0.1) is 0 Å². The summed E-state index contributed by atoms with van der Waals surface area (Å²) in [6.07, 6.45) is 1.64. The first-order chi connectivity index (χ1) is 17.4. The molecule has 3 aliphatic heterocycles. The van der Waals surface area contributed by atoms with E-state index in [1.54, 1.807) is 11.0 Å². The maximum Gasteiger partial charge on any atom is 0.321 e. The van der Waals surface area contributed by atoms with Crippen molar-refractivity contribution in [1.82, 2.24) is 25.1 Å². The number of hydrogen-bond donors (Lipinski definition) is 2. The molecule has 0 unspecified atom stereocenters. The normalized spacial score (nSPS) is 20.1. The van der Waals surface area contributed by atoms with E-state index < -0.39 is 5.91 Å². The summed E-state index contributed by atoms with van der Waals surface area (Å²) >= 11 is 0.872. The van der Waals surface area contributed by atoms with Gasteiger partial charge >= 0.3 is 6.03 Å². The summed E-state index contributed by atoms with van der Waals surface area (Å²) in [7, 11) is 2.10. The zero-order valence-corrected chi connectivity index (χ0v) is 20.8. The highest BCUT2D eigenvalue weighted by Gasteiger charge is 2.27. The van der Waals surface area contributed by atoms with Crippen LogP contribution in [0.4, 0.5) is 27.0 Å². The molecule has 0 bridgehead atoms. The number of hydrogen-bond acceptors (Lipinski definition) is 9. The molecule has 3 saturated heterocycles. The summed E-state index contributed by atoms with van der Waals surface area (Å²) in [6, 6.07) is 11.1. The number of anilines is 3. The van der Waals surface area contributed by atoms with Crippen LogP contribution < -0.4 is 20.4 Å². The minimum absolute atomic E-state index is 0.132. The molecule has 1 aromatic carbocycles. The van der Waals surface area contributed by atoms with Crippen LogP contribution in [0.15, 0.2) is 41.3 Å². The second-order valence-electron chi connectivity index (χ2n) is 8.86. The fourth-order valence-corrected chi connectivity index (χ4v) is 4.91. The van der Waals surface area contributed by atoms with Crippen LogP contribution in [-0.4, -0.2) is 96.4 Å². The summed E-state index contributed by atoms with van der Waals surface area (Å²) in [4.78, 5) is 54.6. The molecular formula is C24H28N8O3S. The number of piperazine rings is 2. The third-order valence-electron chi connectivity index (χ3n) is 6.34. The van der Waals surface area contributed by atoms with Gasteiger partial charge in [0, 0.05) is 64.1 Å². The van der Waals surface area contributed by atoms with E-state index in [0.29, 0.717) is 42.7 Å². The topological polar surface area (TPSA) is 114 Å². The third kappa shape index (κ3) is 5.60. The van der Waals surface area contributed by atoms with E-state index in [0.717, 1.165) is 49.4 Å². The molecule has 4 amide bonds. The van der Waals surface area contributed by atoms with Crippen molar-refractivity contribution in [1.29, 1.82) is 0 Å². The number of nitrogens with zero attached hydrogens (tertiary/aromatic N) is 6. The SMILES string of the molecule is CN1CCN(c2cc(/C=C3\SC(=O)NC3=O)nc(N3CCN(C(=O)Nc4ccccc4)CC3)n2)CC1. The molecule has 188 valence electrons. The first-order valence-corrected chi connectivity index (χ1v) is 12.7. The quantitative estimate of drug-likeness (QED) is 0.598. The second kappa shape index (κ2) is 10.5. The predicted octanol–water partition coefficient (Wildman–Crippen LogP) is 1.91. The van der Waals surface area contributed by atoms with Gasteiger partial charge in [-0.25, -0.2) is 9.78 Å². The van der Waals surface area contributed by atoms with Gasteiger partial charge in [0.05, 0.1) is 10.6 Å². The highest BCUT2D eigenvalue weighted by atomic mass is 32.2. The van der Waals surface area contributed by atoms with Crippen LogP contribution >= 0.6 is 11.8 Å². The van der Waals surface area contributed by atoms with E-state index in [-0.39, 0.29) is 11.3 Å². The minimum Gasteiger partial charge on any atom is -0.354 e. The lowest BCUT2D eigenvalue weighted by molar-refractivity contribution is -0.115. The number of carbonyl (C=O) groups is 3. The van der Waals surface area contributed by atoms with Gasteiger partial charge in [-0.2, -0.15) is 4.98 Å². The Labute approximate surface area is 213 Å². The smallest absolute Gasteiger partial charge is 0.321 e. The van der Waals surface area contributed by atoms with Gasteiger partial charge in [-0.3, -0.25) is 14.9 Å². The van der Waals surface area contributed by atoms with Crippen molar-refractivity contribution in [3.8, 4) is 0 Å². The maximum absolute atomic E-state index is 12.7. The number of imide groups is 1. The average molecular weight is 509 g/mol. The molecular weight excluding hydrogens is 480 g/mol. The molecule has 0 saturated carbocycles. The van der Waals surface area contributed by atoms with Gasteiger partial charge in [-0.15, -0.1) is 0 Å². The predicted molar refractivity (Wildman–Crippen MR) is 140 cm³/mol. The molecule has 0 atom stereocenters. The summed E-state index contributed by atoms with van der Waals surface area (Å²) in [5, 5.41) is 4.83.